The number of ether oxygens (including phenoxy) is 2. The number of halogens is 2. The number of morpholine rings is 2. The molecule has 0 spiro atoms. The lowest BCUT2D eigenvalue weighted by Crippen LogP contribution is -2.40. The van der Waals surface area contributed by atoms with E-state index in [1.165, 1.54) is 25.9 Å². The Morgan fingerprint density at radius 1 is 0.714 bits per heavy atom. The van der Waals surface area contributed by atoms with E-state index >= 15 is 0 Å². The molecule has 0 radical (unpaired) electrons. The number of hydrogen-bond donors (Lipinski definition) is 0. The first-order chi connectivity index (χ1) is 9.40. The molecule has 7 heteroatoms. The number of nitrogens with zero attached hydrogens (tertiary/aromatic N) is 2. The van der Waals surface area contributed by atoms with Crippen LogP contribution >= 0.6 is 36.6 Å². The summed E-state index contributed by atoms with van der Waals surface area (Å²) in [7, 11) is 0. The average Bonchev–Trinajstić information content (AvgIpc) is 2.88. The molecule has 0 aromatic carbocycles. The predicted octanol–water partition coefficient (Wildman–Crippen LogP) is 1.76. The van der Waals surface area contributed by atoms with Gasteiger partial charge in [-0.2, -0.15) is 11.8 Å². The fraction of sp³-hybridized carbons (Fsp3) is 1.00. The number of hydrogen-bond acceptors (Lipinski definition) is 5. The van der Waals surface area contributed by atoms with Gasteiger partial charge in [0.1, 0.15) is 0 Å². The summed E-state index contributed by atoms with van der Waals surface area (Å²) >= 11 is 2.23. The van der Waals surface area contributed by atoms with Crippen molar-refractivity contribution in [2.24, 2.45) is 0 Å². The maximum atomic E-state index is 5.42. The smallest absolute Gasteiger partial charge is 0.0594 e. The molecule has 0 aromatic heterocycles. The van der Waals surface area contributed by atoms with Crippen molar-refractivity contribution in [2.45, 2.75) is 23.3 Å². The molecule has 3 rings (SSSR count). The normalized spacial score (nSPS) is 31.4. The van der Waals surface area contributed by atoms with E-state index in [1.807, 2.05) is 0 Å². The second-order valence-electron chi connectivity index (χ2n) is 5.78. The zero-order chi connectivity index (χ0) is 12.9. The van der Waals surface area contributed by atoms with Crippen molar-refractivity contribution in [2.75, 3.05) is 65.7 Å². The van der Waals surface area contributed by atoms with E-state index in [1.54, 1.807) is 0 Å². The molecule has 3 saturated heterocycles. The number of rotatable bonds is 4. The Bertz CT molecular complexity index is 252. The molecular formula is C14H28Cl2N2O2S. The fourth-order valence-corrected chi connectivity index (χ4v) is 4.87. The molecule has 4 nitrogen and oxygen atoms in total. The minimum atomic E-state index is 0. The van der Waals surface area contributed by atoms with Crippen molar-refractivity contribution in [1.82, 2.24) is 9.80 Å². The maximum absolute atomic E-state index is 5.42. The highest BCUT2D eigenvalue weighted by Crippen LogP contribution is 2.34. The Morgan fingerprint density at radius 2 is 1.10 bits per heavy atom. The van der Waals surface area contributed by atoms with Crippen molar-refractivity contribution in [3.63, 3.8) is 0 Å². The highest BCUT2D eigenvalue weighted by molar-refractivity contribution is 8.00. The second-order valence-corrected chi connectivity index (χ2v) is 7.39. The van der Waals surface area contributed by atoms with Crippen LogP contribution < -0.4 is 0 Å². The van der Waals surface area contributed by atoms with Gasteiger partial charge in [-0.3, -0.25) is 9.80 Å². The third kappa shape index (κ3) is 6.42. The van der Waals surface area contributed by atoms with Crippen molar-refractivity contribution in [3.8, 4) is 0 Å². The Balaban J connectivity index is 0.00000110. The van der Waals surface area contributed by atoms with Gasteiger partial charge in [0.15, 0.2) is 0 Å². The maximum Gasteiger partial charge on any atom is 0.0594 e. The minimum Gasteiger partial charge on any atom is -0.379 e. The molecular weight excluding hydrogens is 331 g/mol. The lowest BCUT2D eigenvalue weighted by molar-refractivity contribution is 0.0375. The van der Waals surface area contributed by atoms with E-state index in [0.29, 0.717) is 0 Å². The van der Waals surface area contributed by atoms with Crippen molar-refractivity contribution < 1.29 is 9.47 Å². The third-order valence-electron chi connectivity index (χ3n) is 4.33. The van der Waals surface area contributed by atoms with Crippen molar-refractivity contribution in [1.29, 1.82) is 0 Å². The molecule has 21 heavy (non-hydrogen) atoms. The lowest BCUT2D eigenvalue weighted by atomic mass is 10.1. The summed E-state index contributed by atoms with van der Waals surface area (Å²) in [4.78, 5) is 5.16. The molecule has 0 N–H and O–H groups in total. The van der Waals surface area contributed by atoms with Crippen LogP contribution in [0, 0.1) is 0 Å². The summed E-state index contributed by atoms with van der Waals surface area (Å²) in [6, 6.07) is 0. The largest absolute Gasteiger partial charge is 0.379 e. The summed E-state index contributed by atoms with van der Waals surface area (Å²) in [6.45, 7) is 10.8. The summed E-state index contributed by atoms with van der Waals surface area (Å²) < 4.78 is 10.8. The molecule has 0 bridgehead atoms. The van der Waals surface area contributed by atoms with E-state index in [-0.39, 0.29) is 24.8 Å². The second kappa shape index (κ2) is 10.5. The zero-order valence-corrected chi connectivity index (χ0v) is 15.0. The average molecular weight is 359 g/mol. The van der Waals surface area contributed by atoms with Gasteiger partial charge in [0, 0.05) is 49.8 Å². The summed E-state index contributed by atoms with van der Waals surface area (Å²) in [5, 5.41) is 1.70. The summed E-state index contributed by atoms with van der Waals surface area (Å²) in [5.74, 6) is 0. The first-order valence-corrected chi connectivity index (χ1v) is 8.60. The van der Waals surface area contributed by atoms with Crippen LogP contribution in [0.2, 0.25) is 0 Å². The van der Waals surface area contributed by atoms with Gasteiger partial charge in [0.2, 0.25) is 0 Å². The van der Waals surface area contributed by atoms with Gasteiger partial charge in [-0.25, -0.2) is 0 Å². The van der Waals surface area contributed by atoms with Crippen LogP contribution in [0.4, 0.5) is 0 Å². The Labute approximate surface area is 145 Å². The predicted molar refractivity (Wildman–Crippen MR) is 93.4 cm³/mol. The zero-order valence-electron chi connectivity index (χ0n) is 12.6. The van der Waals surface area contributed by atoms with Gasteiger partial charge in [-0.1, -0.05) is 0 Å². The van der Waals surface area contributed by atoms with E-state index in [0.717, 1.165) is 63.1 Å². The van der Waals surface area contributed by atoms with Crippen LogP contribution in [0.5, 0.6) is 0 Å². The summed E-state index contributed by atoms with van der Waals surface area (Å²) in [6.07, 6.45) is 2.80. The van der Waals surface area contributed by atoms with Crippen LogP contribution in [0.3, 0.4) is 0 Å². The minimum absolute atomic E-state index is 0. The summed E-state index contributed by atoms with van der Waals surface area (Å²) in [5.41, 5.74) is 0. The van der Waals surface area contributed by atoms with Gasteiger partial charge < -0.3 is 9.47 Å². The fourth-order valence-electron chi connectivity index (χ4n) is 3.19. The van der Waals surface area contributed by atoms with Gasteiger partial charge in [-0.05, 0) is 12.8 Å². The van der Waals surface area contributed by atoms with Gasteiger partial charge >= 0.3 is 0 Å². The lowest BCUT2D eigenvalue weighted by Gasteiger charge is -2.30. The topological polar surface area (TPSA) is 24.9 Å². The molecule has 2 unspecified atom stereocenters. The molecule has 3 fully saturated rings. The SMILES string of the molecule is C1CN(CC2CCC(CN3CCOCC3)S2)CCO1.Cl.Cl. The Hall–Kier alpha value is 0.770. The molecule has 0 aliphatic carbocycles. The molecule has 0 saturated carbocycles. The van der Waals surface area contributed by atoms with Crippen LogP contribution in [0.15, 0.2) is 0 Å². The molecule has 0 amide bonds. The van der Waals surface area contributed by atoms with Crippen molar-refractivity contribution in [3.05, 3.63) is 0 Å². The van der Waals surface area contributed by atoms with Gasteiger partial charge in [0.25, 0.3) is 0 Å². The van der Waals surface area contributed by atoms with E-state index < -0.39 is 0 Å². The van der Waals surface area contributed by atoms with E-state index in [9.17, 15) is 0 Å². The third-order valence-corrected chi connectivity index (χ3v) is 5.87. The van der Waals surface area contributed by atoms with Crippen LogP contribution in [0.25, 0.3) is 0 Å². The van der Waals surface area contributed by atoms with E-state index in [2.05, 4.69) is 21.6 Å². The Morgan fingerprint density at radius 3 is 1.48 bits per heavy atom. The van der Waals surface area contributed by atoms with E-state index in [4.69, 9.17) is 9.47 Å². The van der Waals surface area contributed by atoms with Gasteiger partial charge in [0.05, 0.1) is 26.4 Å². The Kier molecular flexibility index (Phi) is 9.93. The molecule has 3 aliphatic heterocycles. The van der Waals surface area contributed by atoms with Crippen molar-refractivity contribution >= 4 is 36.6 Å². The standard InChI is InChI=1S/C14H26N2O2S.2ClH/c1-2-14(12-16-5-9-18-10-6-16)19-13(1)11-15-3-7-17-8-4-15;;/h13-14H,1-12H2;2*1H. The van der Waals surface area contributed by atoms with Crippen LogP contribution in [-0.4, -0.2) is 86.0 Å². The first-order valence-electron chi connectivity index (χ1n) is 7.66. The molecule has 126 valence electrons. The quantitative estimate of drug-likeness (QED) is 0.762. The number of thioether (sulfide) groups is 1. The highest BCUT2D eigenvalue weighted by atomic mass is 35.5. The first kappa shape index (κ1) is 19.8. The monoisotopic (exact) mass is 358 g/mol. The molecule has 3 heterocycles. The van der Waals surface area contributed by atoms with Gasteiger partial charge in [-0.15, -0.1) is 24.8 Å². The molecule has 0 aromatic rings. The molecule has 3 aliphatic rings. The molecule has 2 atom stereocenters. The van der Waals surface area contributed by atoms with Crippen LogP contribution in [-0.2, 0) is 9.47 Å². The highest BCUT2D eigenvalue weighted by Gasteiger charge is 2.29. The van der Waals surface area contributed by atoms with Crippen LogP contribution in [0.1, 0.15) is 12.8 Å².